The highest BCUT2D eigenvalue weighted by Gasteiger charge is 2.12. The minimum Gasteiger partial charge on any atom is -0.272 e. The largest absolute Gasteiger partial charge is 0.272 e. The topological polar surface area (TPSA) is 41.5 Å². The molecule has 0 fully saturated rings. The van der Waals surface area contributed by atoms with Crippen molar-refractivity contribution in [3.8, 4) is 0 Å². The summed E-state index contributed by atoms with van der Waals surface area (Å²) in [5.41, 5.74) is 4.60. The molecule has 0 unspecified atom stereocenters. The van der Waals surface area contributed by atoms with Gasteiger partial charge < -0.3 is 0 Å². The Morgan fingerprint density at radius 1 is 1.27 bits per heavy atom. The molecule has 0 heterocycles. The van der Waals surface area contributed by atoms with E-state index in [1.165, 1.54) is 5.56 Å². The quantitative estimate of drug-likeness (QED) is 0.639. The Morgan fingerprint density at radius 3 is 2.77 bits per heavy atom. The van der Waals surface area contributed by atoms with E-state index in [-0.39, 0.29) is 11.2 Å². The van der Waals surface area contributed by atoms with Crippen LogP contribution in [-0.2, 0) is 10.5 Å². The van der Waals surface area contributed by atoms with Crippen LogP contribution in [0.5, 0.6) is 0 Å². The van der Waals surface area contributed by atoms with Gasteiger partial charge >= 0.3 is 0 Å². The summed E-state index contributed by atoms with van der Waals surface area (Å²) in [6.07, 6.45) is 1.58. The first-order chi connectivity index (χ1) is 10.6. The summed E-state index contributed by atoms with van der Waals surface area (Å²) in [6.45, 7) is 1.87. The average Bonchev–Trinajstić information content (AvgIpc) is 2.53. The van der Waals surface area contributed by atoms with Crippen LogP contribution in [0, 0.1) is 0 Å². The molecular formula is C17H17ClN2OS. The highest BCUT2D eigenvalue weighted by molar-refractivity contribution is 7.99. The molecule has 5 heteroatoms. The average molecular weight is 333 g/mol. The van der Waals surface area contributed by atoms with Crippen molar-refractivity contribution in [2.24, 2.45) is 5.10 Å². The highest BCUT2D eigenvalue weighted by Crippen LogP contribution is 2.17. The van der Waals surface area contributed by atoms with Crippen molar-refractivity contribution in [1.82, 2.24) is 5.43 Å². The summed E-state index contributed by atoms with van der Waals surface area (Å²) in [5.74, 6) is 0.687. The number of hydrogen-bond donors (Lipinski definition) is 1. The first-order valence-corrected chi connectivity index (χ1v) is 8.32. The van der Waals surface area contributed by atoms with Gasteiger partial charge in [-0.1, -0.05) is 54.1 Å². The summed E-state index contributed by atoms with van der Waals surface area (Å²) < 4.78 is 0. The Morgan fingerprint density at radius 2 is 2.05 bits per heavy atom. The van der Waals surface area contributed by atoms with Gasteiger partial charge in [0, 0.05) is 10.8 Å². The molecular weight excluding hydrogens is 316 g/mol. The van der Waals surface area contributed by atoms with Crippen molar-refractivity contribution < 1.29 is 4.79 Å². The van der Waals surface area contributed by atoms with E-state index in [0.717, 1.165) is 11.3 Å². The molecule has 114 valence electrons. The fourth-order valence-corrected chi connectivity index (χ4v) is 2.76. The molecule has 0 saturated carbocycles. The molecule has 1 atom stereocenters. The zero-order valence-corrected chi connectivity index (χ0v) is 13.8. The zero-order valence-electron chi connectivity index (χ0n) is 12.2. The molecule has 0 spiro atoms. The van der Waals surface area contributed by atoms with Gasteiger partial charge in [0.25, 0.3) is 5.91 Å². The van der Waals surface area contributed by atoms with Crippen molar-refractivity contribution in [2.45, 2.75) is 17.9 Å². The Balaban J connectivity index is 1.79. The second kappa shape index (κ2) is 8.61. The molecule has 0 saturated heterocycles. The van der Waals surface area contributed by atoms with E-state index in [9.17, 15) is 4.79 Å². The number of hydrazone groups is 1. The molecule has 0 bridgehead atoms. The lowest BCUT2D eigenvalue weighted by molar-refractivity contribution is -0.120. The standard InChI is InChI=1S/C17H17ClN2OS/c1-13(22-12-14-6-3-2-4-7-14)17(21)20-19-11-15-8-5-9-16(18)10-15/h2-11,13H,12H2,1H3,(H,20,21)/b19-11-/t13-/m1/s1. The van der Waals surface area contributed by atoms with Gasteiger partial charge in [0.15, 0.2) is 0 Å². The van der Waals surface area contributed by atoms with Crippen LogP contribution in [0.25, 0.3) is 0 Å². The number of carbonyl (C=O) groups is 1. The van der Waals surface area contributed by atoms with Crippen LogP contribution in [0.4, 0.5) is 0 Å². The normalized spacial score (nSPS) is 12.3. The monoisotopic (exact) mass is 332 g/mol. The number of carbonyl (C=O) groups excluding carboxylic acids is 1. The Hall–Kier alpha value is -1.78. The number of hydrogen-bond acceptors (Lipinski definition) is 3. The Kier molecular flexibility index (Phi) is 6.49. The number of nitrogens with zero attached hydrogens (tertiary/aromatic N) is 1. The van der Waals surface area contributed by atoms with Gasteiger partial charge in [-0.3, -0.25) is 4.79 Å². The van der Waals surface area contributed by atoms with Crippen LogP contribution in [0.3, 0.4) is 0 Å². The number of thioether (sulfide) groups is 1. The summed E-state index contributed by atoms with van der Waals surface area (Å²) >= 11 is 7.46. The van der Waals surface area contributed by atoms with Crippen molar-refractivity contribution in [2.75, 3.05) is 0 Å². The number of halogens is 1. The van der Waals surface area contributed by atoms with Gasteiger partial charge in [-0.2, -0.15) is 5.10 Å². The highest BCUT2D eigenvalue weighted by atomic mass is 35.5. The maximum Gasteiger partial charge on any atom is 0.252 e. The minimum absolute atomic E-state index is 0.112. The summed E-state index contributed by atoms with van der Waals surface area (Å²) in [5, 5.41) is 4.43. The first kappa shape index (κ1) is 16.6. The van der Waals surface area contributed by atoms with E-state index in [1.807, 2.05) is 37.3 Å². The van der Waals surface area contributed by atoms with E-state index in [4.69, 9.17) is 11.6 Å². The summed E-state index contributed by atoms with van der Waals surface area (Å²) in [6, 6.07) is 17.4. The molecule has 0 aliphatic carbocycles. The third-order valence-electron chi connectivity index (χ3n) is 2.95. The van der Waals surface area contributed by atoms with Crippen molar-refractivity contribution in [3.05, 3.63) is 70.7 Å². The molecule has 1 amide bonds. The molecule has 0 aliphatic heterocycles. The predicted octanol–water partition coefficient (Wildman–Crippen LogP) is 4.11. The summed E-state index contributed by atoms with van der Waals surface area (Å²) in [4.78, 5) is 11.9. The maximum atomic E-state index is 11.9. The molecule has 2 aromatic rings. The van der Waals surface area contributed by atoms with Crippen LogP contribution in [-0.4, -0.2) is 17.4 Å². The van der Waals surface area contributed by atoms with Gasteiger partial charge in [0.05, 0.1) is 11.5 Å². The van der Waals surface area contributed by atoms with Crippen LogP contribution in [0.15, 0.2) is 59.7 Å². The first-order valence-electron chi connectivity index (χ1n) is 6.89. The molecule has 2 rings (SSSR count). The van der Waals surface area contributed by atoms with E-state index < -0.39 is 0 Å². The molecule has 3 nitrogen and oxygen atoms in total. The minimum atomic E-state index is -0.170. The van der Waals surface area contributed by atoms with E-state index in [1.54, 1.807) is 30.1 Å². The molecule has 22 heavy (non-hydrogen) atoms. The SMILES string of the molecule is C[C@@H](SCc1ccccc1)C(=O)N/N=C\c1cccc(Cl)c1. The molecule has 0 aliphatic rings. The van der Waals surface area contributed by atoms with Crippen LogP contribution in [0.1, 0.15) is 18.1 Å². The fourth-order valence-electron chi connectivity index (χ4n) is 1.72. The van der Waals surface area contributed by atoms with Crippen molar-refractivity contribution in [1.29, 1.82) is 0 Å². The second-order valence-electron chi connectivity index (χ2n) is 4.73. The number of rotatable bonds is 6. The van der Waals surface area contributed by atoms with Crippen LogP contribution >= 0.6 is 23.4 Å². The van der Waals surface area contributed by atoms with Crippen molar-refractivity contribution in [3.63, 3.8) is 0 Å². The molecule has 0 aromatic heterocycles. The van der Waals surface area contributed by atoms with Gasteiger partial charge in [-0.05, 0) is 30.2 Å². The van der Waals surface area contributed by atoms with E-state index >= 15 is 0 Å². The van der Waals surface area contributed by atoms with Crippen molar-refractivity contribution >= 4 is 35.5 Å². The third kappa shape index (κ3) is 5.54. The Labute approximate surface area is 139 Å². The van der Waals surface area contributed by atoms with E-state index in [2.05, 4.69) is 22.7 Å². The number of nitrogens with one attached hydrogen (secondary N) is 1. The van der Waals surface area contributed by atoms with Gasteiger partial charge in [-0.15, -0.1) is 11.8 Å². The maximum absolute atomic E-state index is 11.9. The lowest BCUT2D eigenvalue weighted by Gasteiger charge is -2.09. The lowest BCUT2D eigenvalue weighted by atomic mass is 10.2. The Bertz CT molecular complexity index is 646. The third-order valence-corrected chi connectivity index (χ3v) is 4.40. The molecule has 1 N–H and O–H groups in total. The van der Waals surface area contributed by atoms with E-state index in [0.29, 0.717) is 5.02 Å². The smallest absolute Gasteiger partial charge is 0.252 e. The zero-order chi connectivity index (χ0) is 15.8. The van der Waals surface area contributed by atoms with Gasteiger partial charge in [0.1, 0.15) is 0 Å². The fraction of sp³-hybridized carbons (Fsp3) is 0.176. The van der Waals surface area contributed by atoms with Crippen LogP contribution in [0.2, 0.25) is 5.02 Å². The van der Waals surface area contributed by atoms with Crippen LogP contribution < -0.4 is 5.43 Å². The van der Waals surface area contributed by atoms with Gasteiger partial charge in [0.2, 0.25) is 0 Å². The van der Waals surface area contributed by atoms with Gasteiger partial charge in [-0.25, -0.2) is 5.43 Å². The lowest BCUT2D eigenvalue weighted by Crippen LogP contribution is -2.26. The number of benzene rings is 2. The predicted molar refractivity (Wildman–Crippen MR) is 94.4 cm³/mol. The number of amides is 1. The summed E-state index contributed by atoms with van der Waals surface area (Å²) in [7, 11) is 0. The molecule has 2 aromatic carbocycles. The second-order valence-corrected chi connectivity index (χ2v) is 6.49. The molecule has 0 radical (unpaired) electrons.